The standard InChI is InChI=1S/C19H28N6O3/c1-25(2)17-6-4-3-5-16(17)24-19-21-8-7-15(23-19)13-22-18(27)14-20-9-11-28-12-10-26/h3-8,20,26H,9-14H2,1-2H3,(H,22,27)(H,21,23,24). The predicted octanol–water partition coefficient (Wildman–Crippen LogP) is 0.501. The van der Waals surface area contributed by atoms with Gasteiger partial charge in [0.05, 0.1) is 50.0 Å². The van der Waals surface area contributed by atoms with E-state index in [2.05, 4.69) is 25.9 Å². The summed E-state index contributed by atoms with van der Waals surface area (Å²) in [6.07, 6.45) is 1.66. The number of carbonyl (C=O) groups is 1. The van der Waals surface area contributed by atoms with Gasteiger partial charge in [-0.05, 0) is 18.2 Å². The van der Waals surface area contributed by atoms with E-state index < -0.39 is 0 Å². The third-order valence-corrected chi connectivity index (χ3v) is 3.76. The number of carbonyl (C=O) groups excluding carboxylic acids is 1. The molecule has 0 atom stereocenters. The summed E-state index contributed by atoms with van der Waals surface area (Å²) >= 11 is 0. The summed E-state index contributed by atoms with van der Waals surface area (Å²) in [4.78, 5) is 22.6. The fraction of sp³-hybridized carbons (Fsp3) is 0.421. The fourth-order valence-electron chi connectivity index (χ4n) is 2.41. The highest BCUT2D eigenvalue weighted by molar-refractivity contribution is 5.78. The summed E-state index contributed by atoms with van der Waals surface area (Å²) in [5.74, 6) is 0.341. The van der Waals surface area contributed by atoms with Crippen LogP contribution in [0, 0.1) is 0 Å². The van der Waals surface area contributed by atoms with Gasteiger partial charge in [0.15, 0.2) is 0 Å². The molecule has 152 valence electrons. The van der Waals surface area contributed by atoms with Crippen LogP contribution in [0.2, 0.25) is 0 Å². The number of rotatable bonds is 12. The lowest BCUT2D eigenvalue weighted by Gasteiger charge is -2.17. The molecule has 1 heterocycles. The number of aliphatic hydroxyl groups excluding tert-OH is 1. The quantitative estimate of drug-likeness (QED) is 0.389. The monoisotopic (exact) mass is 388 g/mol. The van der Waals surface area contributed by atoms with Crippen molar-refractivity contribution in [3.63, 3.8) is 0 Å². The van der Waals surface area contributed by atoms with E-state index in [1.54, 1.807) is 12.3 Å². The SMILES string of the molecule is CN(C)c1ccccc1Nc1nccc(CNC(=O)CNCCOCCO)n1. The Hall–Kier alpha value is -2.75. The van der Waals surface area contributed by atoms with Crippen molar-refractivity contribution in [2.45, 2.75) is 6.54 Å². The molecule has 9 nitrogen and oxygen atoms in total. The third-order valence-electron chi connectivity index (χ3n) is 3.76. The molecular weight excluding hydrogens is 360 g/mol. The van der Waals surface area contributed by atoms with Crippen molar-refractivity contribution in [3.05, 3.63) is 42.2 Å². The summed E-state index contributed by atoms with van der Waals surface area (Å²) in [5.41, 5.74) is 2.64. The number of benzene rings is 1. The summed E-state index contributed by atoms with van der Waals surface area (Å²) in [5, 5.41) is 17.6. The van der Waals surface area contributed by atoms with Gasteiger partial charge in [0.1, 0.15) is 0 Å². The van der Waals surface area contributed by atoms with Gasteiger partial charge in [-0.3, -0.25) is 4.79 Å². The largest absolute Gasteiger partial charge is 0.394 e. The highest BCUT2D eigenvalue weighted by Crippen LogP contribution is 2.25. The van der Waals surface area contributed by atoms with Crippen molar-refractivity contribution in [1.82, 2.24) is 20.6 Å². The maximum absolute atomic E-state index is 11.9. The number of hydrogen-bond acceptors (Lipinski definition) is 8. The molecule has 28 heavy (non-hydrogen) atoms. The highest BCUT2D eigenvalue weighted by Gasteiger charge is 2.07. The van der Waals surface area contributed by atoms with E-state index in [0.29, 0.717) is 37.9 Å². The zero-order chi connectivity index (χ0) is 20.2. The lowest BCUT2D eigenvalue weighted by Crippen LogP contribution is -2.35. The molecule has 2 rings (SSSR count). The summed E-state index contributed by atoms with van der Waals surface area (Å²) in [6.45, 7) is 1.79. The fourth-order valence-corrected chi connectivity index (χ4v) is 2.41. The maximum atomic E-state index is 11.9. The van der Waals surface area contributed by atoms with E-state index in [-0.39, 0.29) is 19.1 Å². The van der Waals surface area contributed by atoms with Crippen LogP contribution in [0.1, 0.15) is 5.69 Å². The summed E-state index contributed by atoms with van der Waals surface area (Å²) < 4.78 is 5.11. The van der Waals surface area contributed by atoms with Crippen LogP contribution in [-0.4, -0.2) is 68.0 Å². The Morgan fingerprint density at radius 2 is 2.04 bits per heavy atom. The summed E-state index contributed by atoms with van der Waals surface area (Å²) in [6, 6.07) is 9.65. The second-order valence-electron chi connectivity index (χ2n) is 6.20. The van der Waals surface area contributed by atoms with E-state index in [1.807, 2.05) is 43.3 Å². The molecule has 1 amide bonds. The Bertz CT molecular complexity index is 741. The van der Waals surface area contributed by atoms with Crippen LogP contribution < -0.4 is 20.9 Å². The number of aliphatic hydroxyl groups is 1. The number of aromatic nitrogens is 2. The average molecular weight is 388 g/mol. The first-order chi connectivity index (χ1) is 13.6. The van der Waals surface area contributed by atoms with Gasteiger partial charge >= 0.3 is 0 Å². The first-order valence-electron chi connectivity index (χ1n) is 9.11. The van der Waals surface area contributed by atoms with E-state index in [4.69, 9.17) is 9.84 Å². The molecule has 0 aliphatic heterocycles. The van der Waals surface area contributed by atoms with E-state index in [0.717, 1.165) is 11.4 Å². The Morgan fingerprint density at radius 3 is 2.82 bits per heavy atom. The zero-order valence-corrected chi connectivity index (χ0v) is 16.3. The van der Waals surface area contributed by atoms with Gasteiger partial charge in [0.2, 0.25) is 11.9 Å². The number of nitrogens with zero attached hydrogens (tertiary/aromatic N) is 3. The molecule has 0 radical (unpaired) electrons. The predicted molar refractivity (Wildman–Crippen MR) is 109 cm³/mol. The minimum Gasteiger partial charge on any atom is -0.394 e. The van der Waals surface area contributed by atoms with Gasteiger partial charge < -0.3 is 30.7 Å². The number of anilines is 3. The van der Waals surface area contributed by atoms with Gasteiger partial charge in [-0.25, -0.2) is 9.97 Å². The minimum absolute atomic E-state index is 0.00298. The van der Waals surface area contributed by atoms with Crippen molar-refractivity contribution in [2.24, 2.45) is 0 Å². The molecule has 1 aromatic heterocycles. The van der Waals surface area contributed by atoms with Crippen LogP contribution in [0.5, 0.6) is 0 Å². The smallest absolute Gasteiger partial charge is 0.234 e. The molecule has 4 N–H and O–H groups in total. The van der Waals surface area contributed by atoms with Gasteiger partial charge in [0.25, 0.3) is 0 Å². The highest BCUT2D eigenvalue weighted by atomic mass is 16.5. The molecule has 0 unspecified atom stereocenters. The average Bonchev–Trinajstić information content (AvgIpc) is 2.69. The van der Waals surface area contributed by atoms with Gasteiger partial charge in [0, 0.05) is 26.8 Å². The molecule has 0 fully saturated rings. The van der Waals surface area contributed by atoms with E-state index >= 15 is 0 Å². The van der Waals surface area contributed by atoms with Crippen LogP contribution >= 0.6 is 0 Å². The molecule has 0 aliphatic rings. The van der Waals surface area contributed by atoms with E-state index in [1.165, 1.54) is 0 Å². The molecule has 0 aliphatic carbocycles. The number of hydrogen-bond donors (Lipinski definition) is 4. The van der Waals surface area contributed by atoms with Gasteiger partial charge in [-0.15, -0.1) is 0 Å². The lowest BCUT2D eigenvalue weighted by atomic mass is 10.2. The van der Waals surface area contributed by atoms with Crippen LogP contribution in [0.25, 0.3) is 0 Å². The second kappa shape index (κ2) is 11.9. The van der Waals surface area contributed by atoms with Crippen molar-refractivity contribution >= 4 is 23.2 Å². The van der Waals surface area contributed by atoms with E-state index in [9.17, 15) is 4.79 Å². The van der Waals surface area contributed by atoms with Crippen LogP contribution in [0.4, 0.5) is 17.3 Å². The third kappa shape index (κ3) is 7.47. The van der Waals surface area contributed by atoms with Crippen LogP contribution in [0.3, 0.4) is 0 Å². The number of para-hydroxylation sites is 2. The number of amides is 1. The van der Waals surface area contributed by atoms with Crippen molar-refractivity contribution in [2.75, 3.05) is 57.2 Å². The number of nitrogens with one attached hydrogen (secondary N) is 3. The van der Waals surface area contributed by atoms with Crippen LogP contribution in [-0.2, 0) is 16.1 Å². The normalized spacial score (nSPS) is 10.5. The van der Waals surface area contributed by atoms with Crippen molar-refractivity contribution in [3.8, 4) is 0 Å². The van der Waals surface area contributed by atoms with Crippen molar-refractivity contribution < 1.29 is 14.6 Å². The summed E-state index contributed by atoms with van der Waals surface area (Å²) in [7, 11) is 3.94. The molecule has 9 heteroatoms. The minimum atomic E-state index is -0.131. The topological polar surface area (TPSA) is 112 Å². The lowest BCUT2D eigenvalue weighted by molar-refractivity contribution is -0.120. The van der Waals surface area contributed by atoms with Crippen LogP contribution in [0.15, 0.2) is 36.5 Å². The molecule has 0 spiro atoms. The molecule has 0 saturated heterocycles. The molecular formula is C19H28N6O3. The zero-order valence-electron chi connectivity index (χ0n) is 16.3. The first-order valence-corrected chi connectivity index (χ1v) is 9.11. The number of ether oxygens (including phenoxy) is 1. The second-order valence-corrected chi connectivity index (χ2v) is 6.20. The molecule has 1 aromatic carbocycles. The van der Waals surface area contributed by atoms with Crippen molar-refractivity contribution in [1.29, 1.82) is 0 Å². The Morgan fingerprint density at radius 1 is 1.21 bits per heavy atom. The molecule has 2 aromatic rings. The van der Waals surface area contributed by atoms with Gasteiger partial charge in [-0.1, -0.05) is 12.1 Å². The van der Waals surface area contributed by atoms with Gasteiger partial charge in [-0.2, -0.15) is 0 Å². The maximum Gasteiger partial charge on any atom is 0.234 e. The Kier molecular flexibility index (Phi) is 9.13. The molecule has 0 bridgehead atoms. The Labute approximate surface area is 165 Å². The molecule has 0 saturated carbocycles. The Balaban J connectivity index is 1.81. The first kappa shape index (κ1) is 21.5.